The Kier molecular flexibility index (Phi) is 6.02. The second kappa shape index (κ2) is 9.04. The van der Waals surface area contributed by atoms with Crippen molar-refractivity contribution in [3.05, 3.63) is 72.4 Å². The van der Waals surface area contributed by atoms with Crippen LogP contribution in [0.25, 0.3) is 0 Å². The monoisotopic (exact) mass is 417 g/mol. The van der Waals surface area contributed by atoms with E-state index >= 15 is 0 Å². The van der Waals surface area contributed by atoms with Gasteiger partial charge in [0.15, 0.2) is 0 Å². The number of anilines is 2. The molecule has 1 fully saturated rings. The number of rotatable bonds is 7. The predicted octanol–water partition coefficient (Wildman–Crippen LogP) is 5.00. The Labute approximate surface area is 182 Å². The van der Waals surface area contributed by atoms with E-state index in [1.165, 1.54) is 0 Å². The molecule has 2 aromatic carbocycles. The molecule has 2 N–H and O–H groups in total. The number of carbonyl (C=O) groups excluding carboxylic acids is 1. The lowest BCUT2D eigenvalue weighted by Crippen LogP contribution is -2.38. The van der Waals surface area contributed by atoms with Crippen molar-refractivity contribution in [2.24, 2.45) is 5.92 Å². The van der Waals surface area contributed by atoms with Gasteiger partial charge in [-0.25, -0.2) is 9.78 Å². The first-order valence-corrected chi connectivity index (χ1v) is 10.5. The average molecular weight is 418 g/mol. The van der Waals surface area contributed by atoms with E-state index in [0.29, 0.717) is 24.2 Å². The third-order valence-electron chi connectivity index (χ3n) is 5.37. The first-order chi connectivity index (χ1) is 15.0. The van der Waals surface area contributed by atoms with Gasteiger partial charge in [-0.2, -0.15) is 4.98 Å². The van der Waals surface area contributed by atoms with Crippen LogP contribution < -0.4 is 20.3 Å². The third kappa shape index (κ3) is 4.77. The van der Waals surface area contributed by atoms with Crippen LogP contribution in [0.1, 0.15) is 32.4 Å². The fourth-order valence-corrected chi connectivity index (χ4v) is 3.61. The first-order valence-electron chi connectivity index (χ1n) is 10.5. The quantitative estimate of drug-likeness (QED) is 0.566. The zero-order valence-corrected chi connectivity index (χ0v) is 17.9. The van der Waals surface area contributed by atoms with Crippen LogP contribution in [0.2, 0.25) is 0 Å². The van der Waals surface area contributed by atoms with Crippen molar-refractivity contribution in [1.82, 2.24) is 15.3 Å². The number of carbonyl (C=O) groups is 1. The summed E-state index contributed by atoms with van der Waals surface area (Å²) in [6.07, 6.45) is 1.68. The van der Waals surface area contributed by atoms with Gasteiger partial charge >= 0.3 is 6.03 Å². The van der Waals surface area contributed by atoms with Crippen molar-refractivity contribution in [2.45, 2.75) is 32.9 Å². The third-order valence-corrected chi connectivity index (χ3v) is 5.37. The van der Waals surface area contributed by atoms with Gasteiger partial charge in [0.2, 0.25) is 5.95 Å². The summed E-state index contributed by atoms with van der Waals surface area (Å²) in [5, 5.41) is 6.23. The van der Waals surface area contributed by atoms with Crippen molar-refractivity contribution in [3.63, 3.8) is 0 Å². The number of benzene rings is 2. The topological polar surface area (TPSA) is 79.4 Å². The van der Waals surface area contributed by atoms with Gasteiger partial charge in [-0.3, -0.25) is 4.90 Å². The predicted molar refractivity (Wildman–Crippen MR) is 122 cm³/mol. The molecule has 0 spiro atoms. The standard InChI is InChI=1S/C24H27N5O2/c1-16(2)21-15-26-24(30)29(21)22-13-14-25-23(28-22)27-17(3)18-9-11-20(12-10-18)31-19-7-5-4-6-8-19/h4-14,16-17,21H,15H2,1-3H3,(H,26,30)(H,25,27,28). The van der Waals surface area contributed by atoms with Crippen LogP contribution >= 0.6 is 0 Å². The Bertz CT molecular complexity index is 1020. The molecular weight excluding hydrogens is 390 g/mol. The second-order valence-electron chi connectivity index (χ2n) is 7.96. The molecule has 7 heteroatoms. The number of hydrogen-bond donors (Lipinski definition) is 2. The van der Waals surface area contributed by atoms with Gasteiger partial charge in [0.1, 0.15) is 17.3 Å². The summed E-state index contributed by atoms with van der Waals surface area (Å²) in [7, 11) is 0. The lowest BCUT2D eigenvalue weighted by molar-refractivity contribution is 0.251. The lowest BCUT2D eigenvalue weighted by Gasteiger charge is -2.25. The van der Waals surface area contributed by atoms with Crippen LogP contribution in [0.4, 0.5) is 16.6 Å². The van der Waals surface area contributed by atoms with E-state index in [4.69, 9.17) is 4.74 Å². The molecule has 0 radical (unpaired) electrons. The highest BCUT2D eigenvalue weighted by molar-refractivity contribution is 5.94. The molecule has 160 valence electrons. The summed E-state index contributed by atoms with van der Waals surface area (Å²) in [5.74, 6) is 2.99. The van der Waals surface area contributed by atoms with Gasteiger partial charge in [-0.15, -0.1) is 0 Å². The van der Waals surface area contributed by atoms with Crippen molar-refractivity contribution in [3.8, 4) is 11.5 Å². The van der Waals surface area contributed by atoms with E-state index in [-0.39, 0.29) is 18.1 Å². The van der Waals surface area contributed by atoms with Crippen LogP contribution in [0, 0.1) is 5.92 Å². The van der Waals surface area contributed by atoms with E-state index in [1.807, 2.05) is 61.5 Å². The SMILES string of the molecule is CC(Nc1nccc(N2C(=O)NCC2C(C)C)n1)c1ccc(Oc2ccccc2)cc1. The van der Waals surface area contributed by atoms with E-state index in [2.05, 4.69) is 34.4 Å². The smallest absolute Gasteiger partial charge is 0.323 e. The Morgan fingerprint density at radius 3 is 2.45 bits per heavy atom. The summed E-state index contributed by atoms with van der Waals surface area (Å²) in [4.78, 5) is 23.0. The molecule has 3 aromatic rings. The highest BCUT2D eigenvalue weighted by Crippen LogP contribution is 2.26. The number of aromatic nitrogens is 2. The van der Waals surface area contributed by atoms with Crippen molar-refractivity contribution in [2.75, 3.05) is 16.8 Å². The van der Waals surface area contributed by atoms with Crippen LogP contribution in [0.15, 0.2) is 66.9 Å². The molecule has 1 aliphatic heterocycles. The van der Waals surface area contributed by atoms with Gasteiger partial charge in [-0.1, -0.05) is 44.2 Å². The molecule has 7 nitrogen and oxygen atoms in total. The minimum atomic E-state index is -0.120. The summed E-state index contributed by atoms with van der Waals surface area (Å²) in [6.45, 7) is 6.87. The summed E-state index contributed by atoms with van der Waals surface area (Å²) in [6, 6.07) is 19.3. The summed E-state index contributed by atoms with van der Waals surface area (Å²) in [5.41, 5.74) is 1.08. The molecule has 0 bridgehead atoms. The van der Waals surface area contributed by atoms with Crippen molar-refractivity contribution >= 4 is 17.8 Å². The zero-order valence-electron chi connectivity index (χ0n) is 17.9. The molecule has 2 amide bonds. The molecule has 2 atom stereocenters. The maximum atomic E-state index is 12.3. The Hall–Kier alpha value is -3.61. The molecule has 1 saturated heterocycles. The number of urea groups is 1. The van der Waals surface area contributed by atoms with Crippen LogP contribution in [-0.4, -0.2) is 28.6 Å². The fourth-order valence-electron chi connectivity index (χ4n) is 3.61. The average Bonchev–Trinajstić information content (AvgIpc) is 3.17. The second-order valence-corrected chi connectivity index (χ2v) is 7.96. The highest BCUT2D eigenvalue weighted by Gasteiger charge is 2.34. The number of hydrogen-bond acceptors (Lipinski definition) is 5. The molecule has 31 heavy (non-hydrogen) atoms. The minimum absolute atomic E-state index is 0.0191. The Balaban J connectivity index is 1.44. The Morgan fingerprint density at radius 2 is 1.74 bits per heavy atom. The maximum Gasteiger partial charge on any atom is 0.323 e. The number of para-hydroxylation sites is 1. The van der Waals surface area contributed by atoms with Gasteiger partial charge in [0.05, 0.1) is 12.1 Å². The largest absolute Gasteiger partial charge is 0.457 e. The summed E-state index contributed by atoms with van der Waals surface area (Å²) >= 11 is 0. The number of nitrogens with one attached hydrogen (secondary N) is 2. The fraction of sp³-hybridized carbons (Fsp3) is 0.292. The molecule has 2 heterocycles. The normalized spacial score (nSPS) is 16.8. The lowest BCUT2D eigenvalue weighted by atomic mass is 10.0. The molecule has 4 rings (SSSR count). The molecule has 1 aliphatic rings. The zero-order chi connectivity index (χ0) is 21.8. The molecule has 2 unspecified atom stereocenters. The minimum Gasteiger partial charge on any atom is -0.457 e. The van der Waals surface area contributed by atoms with Crippen LogP contribution in [0.3, 0.4) is 0 Å². The van der Waals surface area contributed by atoms with Gasteiger partial charge in [-0.05, 0) is 48.7 Å². The van der Waals surface area contributed by atoms with Crippen LogP contribution in [0.5, 0.6) is 11.5 Å². The van der Waals surface area contributed by atoms with Gasteiger partial charge < -0.3 is 15.4 Å². The van der Waals surface area contributed by atoms with Crippen LogP contribution in [-0.2, 0) is 0 Å². The van der Waals surface area contributed by atoms with E-state index < -0.39 is 0 Å². The molecule has 0 aliphatic carbocycles. The van der Waals surface area contributed by atoms with E-state index in [0.717, 1.165) is 17.1 Å². The van der Waals surface area contributed by atoms with Crippen molar-refractivity contribution < 1.29 is 9.53 Å². The van der Waals surface area contributed by atoms with Gasteiger partial charge in [0, 0.05) is 12.7 Å². The van der Waals surface area contributed by atoms with Crippen molar-refractivity contribution in [1.29, 1.82) is 0 Å². The number of amides is 2. The van der Waals surface area contributed by atoms with E-state index in [9.17, 15) is 4.79 Å². The van der Waals surface area contributed by atoms with E-state index in [1.54, 1.807) is 17.2 Å². The molecule has 0 saturated carbocycles. The maximum absolute atomic E-state index is 12.3. The van der Waals surface area contributed by atoms with Gasteiger partial charge in [0.25, 0.3) is 0 Å². The number of nitrogens with zero attached hydrogens (tertiary/aromatic N) is 3. The number of ether oxygens (including phenoxy) is 1. The Morgan fingerprint density at radius 1 is 1.03 bits per heavy atom. The molecular formula is C24H27N5O2. The summed E-state index contributed by atoms with van der Waals surface area (Å²) < 4.78 is 5.85. The molecule has 1 aromatic heterocycles. The first kappa shape index (κ1) is 20.7. The highest BCUT2D eigenvalue weighted by atomic mass is 16.5.